The summed E-state index contributed by atoms with van der Waals surface area (Å²) in [6, 6.07) is 14.1. The quantitative estimate of drug-likeness (QED) is 0.430. The van der Waals surface area contributed by atoms with E-state index < -0.39 is 5.82 Å². The third-order valence-corrected chi connectivity index (χ3v) is 4.23. The first kappa shape index (κ1) is 16.5. The first-order valence-electron chi connectivity index (χ1n) is 7.70. The second-order valence-corrected chi connectivity index (χ2v) is 6.10. The number of aromatic nitrogens is 2. The molecule has 0 fully saturated rings. The van der Waals surface area contributed by atoms with Crippen LogP contribution in [0.5, 0.6) is 0 Å². The Morgan fingerprint density at radius 1 is 0.615 bits per heavy atom. The highest BCUT2D eigenvalue weighted by atomic mass is 35.5. The summed E-state index contributed by atoms with van der Waals surface area (Å²) in [6.45, 7) is 0. The molecule has 0 radical (unpaired) electrons. The highest BCUT2D eigenvalue weighted by Crippen LogP contribution is 2.32. The molecule has 0 amide bonds. The van der Waals surface area contributed by atoms with E-state index in [2.05, 4.69) is 9.97 Å². The number of nitrogens with zero attached hydrogens (tertiary/aromatic N) is 2. The summed E-state index contributed by atoms with van der Waals surface area (Å²) < 4.78 is 40.4. The van der Waals surface area contributed by atoms with Crippen molar-refractivity contribution in [3.05, 3.63) is 83.1 Å². The van der Waals surface area contributed by atoms with Crippen LogP contribution in [0, 0.1) is 17.5 Å². The fourth-order valence-corrected chi connectivity index (χ4v) is 2.83. The van der Waals surface area contributed by atoms with E-state index in [-0.39, 0.29) is 16.7 Å². The first-order chi connectivity index (χ1) is 12.5. The van der Waals surface area contributed by atoms with E-state index in [1.54, 1.807) is 24.3 Å². The molecule has 1 heterocycles. The average molecular weight is 371 g/mol. The van der Waals surface area contributed by atoms with Gasteiger partial charge in [0.25, 0.3) is 0 Å². The lowest BCUT2D eigenvalue weighted by molar-refractivity contribution is 0.627. The van der Waals surface area contributed by atoms with Crippen molar-refractivity contribution in [3.8, 4) is 22.5 Å². The van der Waals surface area contributed by atoms with Gasteiger partial charge >= 0.3 is 0 Å². The zero-order valence-electron chi connectivity index (χ0n) is 13.2. The van der Waals surface area contributed by atoms with Crippen LogP contribution in [0.2, 0.25) is 5.02 Å². The Morgan fingerprint density at radius 3 is 1.50 bits per heavy atom. The molecule has 0 saturated carbocycles. The second-order valence-electron chi connectivity index (χ2n) is 5.69. The topological polar surface area (TPSA) is 25.8 Å². The molecule has 128 valence electrons. The van der Waals surface area contributed by atoms with Crippen molar-refractivity contribution in [1.29, 1.82) is 0 Å². The molecule has 0 aliphatic rings. The van der Waals surface area contributed by atoms with Gasteiger partial charge in [-0.1, -0.05) is 11.6 Å². The van der Waals surface area contributed by atoms with Crippen LogP contribution in [-0.4, -0.2) is 9.97 Å². The van der Waals surface area contributed by atoms with Gasteiger partial charge in [0.2, 0.25) is 0 Å². The molecule has 26 heavy (non-hydrogen) atoms. The molecule has 1 aromatic heterocycles. The number of hydrogen-bond donors (Lipinski definition) is 0. The van der Waals surface area contributed by atoms with Gasteiger partial charge in [-0.05, 0) is 54.6 Å². The van der Waals surface area contributed by atoms with E-state index in [4.69, 9.17) is 11.6 Å². The predicted octanol–water partition coefficient (Wildman–Crippen LogP) is 6.03. The molecule has 4 rings (SSSR count). The monoisotopic (exact) mass is 370 g/mol. The summed E-state index contributed by atoms with van der Waals surface area (Å²) in [5.74, 6) is -1.37. The summed E-state index contributed by atoms with van der Waals surface area (Å²) >= 11 is 5.85. The van der Waals surface area contributed by atoms with Crippen LogP contribution in [0.1, 0.15) is 0 Å². The van der Waals surface area contributed by atoms with Gasteiger partial charge in [0.15, 0.2) is 0 Å². The van der Waals surface area contributed by atoms with E-state index in [9.17, 15) is 13.2 Å². The van der Waals surface area contributed by atoms with Crippen molar-refractivity contribution in [3.63, 3.8) is 0 Å². The molecular weight excluding hydrogens is 361 g/mol. The Labute approximate surface area is 151 Å². The molecule has 0 atom stereocenters. The molecule has 0 saturated heterocycles. The number of rotatable bonds is 2. The van der Waals surface area contributed by atoms with Crippen molar-refractivity contribution in [1.82, 2.24) is 9.97 Å². The van der Waals surface area contributed by atoms with Gasteiger partial charge in [0, 0.05) is 17.2 Å². The number of hydrogen-bond acceptors (Lipinski definition) is 2. The molecule has 0 bridgehead atoms. The van der Waals surface area contributed by atoms with Crippen LogP contribution in [0.4, 0.5) is 13.2 Å². The Kier molecular flexibility index (Phi) is 4.09. The molecule has 0 unspecified atom stereocenters. The van der Waals surface area contributed by atoms with Gasteiger partial charge in [-0.2, -0.15) is 0 Å². The van der Waals surface area contributed by atoms with Crippen molar-refractivity contribution < 1.29 is 13.2 Å². The maximum atomic E-state index is 13.8. The fourth-order valence-electron chi connectivity index (χ4n) is 2.67. The van der Waals surface area contributed by atoms with Crippen molar-refractivity contribution in [2.45, 2.75) is 0 Å². The summed E-state index contributed by atoms with van der Waals surface area (Å²) in [4.78, 5) is 9.04. The minimum Gasteiger partial charge on any atom is -0.244 e. The third kappa shape index (κ3) is 3.02. The van der Waals surface area contributed by atoms with E-state index in [0.717, 1.165) is 0 Å². The molecule has 2 nitrogen and oxygen atoms in total. The largest absolute Gasteiger partial charge is 0.244 e. The lowest BCUT2D eigenvalue weighted by Crippen LogP contribution is -1.96. The van der Waals surface area contributed by atoms with Gasteiger partial charge < -0.3 is 0 Å². The Bertz CT molecular complexity index is 1020. The number of halogens is 4. The summed E-state index contributed by atoms with van der Waals surface area (Å²) in [6.07, 6.45) is 0. The minimum atomic E-state index is -0.604. The second kappa shape index (κ2) is 6.42. The fraction of sp³-hybridized carbons (Fsp3) is 0. The lowest BCUT2D eigenvalue weighted by atomic mass is 10.0. The Balaban J connectivity index is 2.02. The summed E-state index contributed by atoms with van der Waals surface area (Å²) in [7, 11) is 0. The van der Waals surface area contributed by atoms with Gasteiger partial charge in [-0.15, -0.1) is 0 Å². The number of benzene rings is 3. The first-order valence-corrected chi connectivity index (χ1v) is 8.08. The van der Waals surface area contributed by atoms with Gasteiger partial charge in [0.05, 0.1) is 27.4 Å². The van der Waals surface area contributed by atoms with E-state index in [1.807, 2.05) is 0 Å². The molecule has 0 spiro atoms. The van der Waals surface area contributed by atoms with Crippen molar-refractivity contribution in [2.75, 3.05) is 0 Å². The summed E-state index contributed by atoms with van der Waals surface area (Å²) in [5.41, 5.74) is 2.85. The maximum absolute atomic E-state index is 13.8. The van der Waals surface area contributed by atoms with Crippen LogP contribution in [0.15, 0.2) is 60.7 Å². The third-order valence-electron chi connectivity index (χ3n) is 3.94. The SMILES string of the molecule is Fc1ccc(-c2nc3cc(F)c(Cl)cc3nc2-c2ccc(F)cc2)cc1. The van der Waals surface area contributed by atoms with Crippen LogP contribution < -0.4 is 0 Å². The standard InChI is InChI=1S/C20H10ClF3N2/c21-15-9-17-18(10-16(15)24)26-20(12-3-7-14(23)8-4-12)19(25-17)11-1-5-13(22)6-2-11/h1-10H. The lowest BCUT2D eigenvalue weighted by Gasteiger charge is -2.11. The van der Waals surface area contributed by atoms with Crippen molar-refractivity contribution in [2.24, 2.45) is 0 Å². The van der Waals surface area contributed by atoms with E-state index in [0.29, 0.717) is 33.5 Å². The number of fused-ring (bicyclic) bond motifs is 1. The normalized spacial score (nSPS) is 11.1. The molecule has 0 aliphatic heterocycles. The smallest absolute Gasteiger partial charge is 0.144 e. The highest BCUT2D eigenvalue weighted by molar-refractivity contribution is 6.31. The van der Waals surface area contributed by atoms with Crippen LogP contribution in [-0.2, 0) is 0 Å². The van der Waals surface area contributed by atoms with Gasteiger partial charge in [-0.25, -0.2) is 23.1 Å². The van der Waals surface area contributed by atoms with Gasteiger partial charge in [-0.3, -0.25) is 0 Å². The van der Waals surface area contributed by atoms with Crippen LogP contribution >= 0.6 is 11.6 Å². The molecule has 0 aliphatic carbocycles. The molecular formula is C20H10ClF3N2. The molecule has 3 aromatic carbocycles. The Hall–Kier alpha value is -2.92. The van der Waals surface area contributed by atoms with Crippen molar-refractivity contribution >= 4 is 22.6 Å². The maximum Gasteiger partial charge on any atom is 0.144 e. The van der Waals surface area contributed by atoms with E-state index >= 15 is 0 Å². The minimum absolute atomic E-state index is 0.0635. The average Bonchev–Trinajstić information content (AvgIpc) is 2.63. The molecule has 4 aromatic rings. The highest BCUT2D eigenvalue weighted by Gasteiger charge is 2.15. The summed E-state index contributed by atoms with van der Waals surface area (Å²) in [5, 5.41) is -0.0635. The van der Waals surface area contributed by atoms with Crippen LogP contribution in [0.25, 0.3) is 33.5 Å². The molecule has 6 heteroatoms. The predicted molar refractivity (Wildman–Crippen MR) is 95.3 cm³/mol. The Morgan fingerprint density at radius 2 is 1.04 bits per heavy atom. The molecule has 0 N–H and O–H groups in total. The van der Waals surface area contributed by atoms with E-state index in [1.165, 1.54) is 36.4 Å². The van der Waals surface area contributed by atoms with Gasteiger partial charge in [0.1, 0.15) is 17.5 Å². The zero-order valence-corrected chi connectivity index (χ0v) is 13.9. The zero-order chi connectivity index (χ0) is 18.3. The van der Waals surface area contributed by atoms with Crippen LogP contribution in [0.3, 0.4) is 0 Å².